The molecule has 0 spiro atoms. The van der Waals surface area contributed by atoms with E-state index in [-0.39, 0.29) is 18.0 Å². The molecule has 0 aliphatic heterocycles. The normalized spacial score (nSPS) is 10.7. The predicted octanol–water partition coefficient (Wildman–Crippen LogP) is 4.04. The van der Waals surface area contributed by atoms with Crippen LogP contribution in [0, 0.1) is 0 Å². The molecule has 0 unspecified atom stereocenters. The summed E-state index contributed by atoms with van der Waals surface area (Å²) in [7, 11) is 0. The van der Waals surface area contributed by atoms with E-state index in [4.69, 9.17) is 9.47 Å². The van der Waals surface area contributed by atoms with Crippen LogP contribution in [0.15, 0.2) is 83.7 Å². The fourth-order valence-electron chi connectivity index (χ4n) is 3.49. The van der Waals surface area contributed by atoms with Crippen molar-refractivity contribution in [3.8, 4) is 11.5 Å². The Morgan fingerprint density at radius 1 is 0.909 bits per heavy atom. The molecular formula is C26H25N3O4. The lowest BCUT2D eigenvalue weighted by molar-refractivity contribution is 0.0743. The van der Waals surface area contributed by atoms with Gasteiger partial charge in [0.05, 0.1) is 23.0 Å². The highest BCUT2D eigenvalue weighted by molar-refractivity contribution is 5.96. The number of hydrogen-bond acceptors (Lipinski definition) is 5. The second kappa shape index (κ2) is 10.5. The van der Waals surface area contributed by atoms with Gasteiger partial charge in [-0.25, -0.2) is 4.98 Å². The highest BCUT2D eigenvalue weighted by Gasteiger charge is 2.20. The Labute approximate surface area is 191 Å². The molecule has 0 radical (unpaired) electrons. The standard InChI is InChI=1S/C26H25N3O4/c1-2-29(18-24-27-22-14-8-6-12-20(22)25(30)28-24)26(31)21-13-7-9-15-23(21)33-17-16-32-19-10-4-3-5-11-19/h3-15H,2,16-18H2,1H3,(H,27,28,30). The summed E-state index contributed by atoms with van der Waals surface area (Å²) >= 11 is 0. The van der Waals surface area contributed by atoms with Gasteiger partial charge >= 0.3 is 0 Å². The molecular weight excluding hydrogens is 418 g/mol. The highest BCUT2D eigenvalue weighted by Crippen LogP contribution is 2.21. The second-order valence-corrected chi connectivity index (χ2v) is 7.36. The Morgan fingerprint density at radius 2 is 1.61 bits per heavy atom. The molecule has 168 valence electrons. The van der Waals surface area contributed by atoms with Crippen LogP contribution in [0.5, 0.6) is 11.5 Å². The lowest BCUT2D eigenvalue weighted by Gasteiger charge is -2.22. The van der Waals surface area contributed by atoms with Gasteiger partial charge in [-0.1, -0.05) is 42.5 Å². The molecule has 1 amide bonds. The summed E-state index contributed by atoms with van der Waals surface area (Å²) in [6.45, 7) is 3.16. The van der Waals surface area contributed by atoms with E-state index in [9.17, 15) is 9.59 Å². The number of hydrogen-bond donors (Lipinski definition) is 1. The molecule has 1 aromatic heterocycles. The predicted molar refractivity (Wildman–Crippen MR) is 127 cm³/mol. The maximum absolute atomic E-state index is 13.3. The zero-order valence-electron chi connectivity index (χ0n) is 18.4. The summed E-state index contributed by atoms with van der Waals surface area (Å²) in [5, 5.41) is 0.520. The first-order valence-electron chi connectivity index (χ1n) is 10.8. The number of fused-ring (bicyclic) bond motifs is 1. The number of nitrogens with zero attached hydrogens (tertiary/aromatic N) is 2. The summed E-state index contributed by atoms with van der Waals surface area (Å²) in [4.78, 5) is 34.6. The van der Waals surface area contributed by atoms with E-state index in [0.29, 0.717) is 47.8 Å². The van der Waals surface area contributed by atoms with E-state index >= 15 is 0 Å². The zero-order valence-corrected chi connectivity index (χ0v) is 18.4. The van der Waals surface area contributed by atoms with Crippen molar-refractivity contribution in [3.63, 3.8) is 0 Å². The summed E-state index contributed by atoms with van der Waals surface area (Å²) in [5.74, 6) is 1.48. The number of ether oxygens (including phenoxy) is 2. The molecule has 7 heteroatoms. The molecule has 0 bridgehead atoms. The van der Waals surface area contributed by atoms with Crippen LogP contribution in [0.2, 0.25) is 0 Å². The number of aromatic amines is 1. The number of rotatable bonds is 9. The van der Waals surface area contributed by atoms with E-state index in [0.717, 1.165) is 5.75 Å². The maximum atomic E-state index is 13.3. The topological polar surface area (TPSA) is 84.5 Å². The fraction of sp³-hybridized carbons (Fsp3) is 0.192. The van der Waals surface area contributed by atoms with Crippen molar-refractivity contribution < 1.29 is 14.3 Å². The Morgan fingerprint density at radius 3 is 2.42 bits per heavy atom. The van der Waals surface area contributed by atoms with Gasteiger partial charge in [0.15, 0.2) is 0 Å². The maximum Gasteiger partial charge on any atom is 0.258 e. The van der Waals surface area contributed by atoms with E-state index < -0.39 is 0 Å². The van der Waals surface area contributed by atoms with Crippen LogP contribution >= 0.6 is 0 Å². The fourth-order valence-corrected chi connectivity index (χ4v) is 3.49. The van der Waals surface area contributed by atoms with Crippen molar-refractivity contribution in [2.24, 2.45) is 0 Å². The minimum absolute atomic E-state index is 0.181. The van der Waals surface area contributed by atoms with Crippen LogP contribution in [0.1, 0.15) is 23.1 Å². The van der Waals surface area contributed by atoms with Crippen molar-refractivity contribution in [2.45, 2.75) is 13.5 Å². The van der Waals surface area contributed by atoms with Crippen LogP contribution < -0.4 is 15.0 Å². The van der Waals surface area contributed by atoms with Crippen LogP contribution in [-0.2, 0) is 6.54 Å². The molecule has 4 aromatic rings. The number of benzene rings is 3. The van der Waals surface area contributed by atoms with Crippen LogP contribution in [0.4, 0.5) is 0 Å². The van der Waals surface area contributed by atoms with Crippen LogP contribution in [-0.4, -0.2) is 40.5 Å². The van der Waals surface area contributed by atoms with Gasteiger partial charge in [-0.15, -0.1) is 0 Å². The SMILES string of the molecule is CCN(Cc1nc2ccccc2c(=O)[nH]1)C(=O)c1ccccc1OCCOc1ccccc1. The van der Waals surface area contributed by atoms with Crippen LogP contribution in [0.25, 0.3) is 10.9 Å². The van der Waals surface area contributed by atoms with Crippen molar-refractivity contribution in [1.29, 1.82) is 0 Å². The summed E-state index contributed by atoms with van der Waals surface area (Å²) < 4.78 is 11.5. The summed E-state index contributed by atoms with van der Waals surface area (Å²) in [5.41, 5.74) is 0.824. The molecule has 0 fully saturated rings. The number of carbonyl (C=O) groups excluding carboxylic acids is 1. The molecule has 1 heterocycles. The van der Waals surface area contributed by atoms with Gasteiger partial charge in [-0.2, -0.15) is 0 Å². The van der Waals surface area contributed by atoms with Crippen molar-refractivity contribution in [2.75, 3.05) is 19.8 Å². The number of carbonyl (C=O) groups is 1. The summed E-state index contributed by atoms with van der Waals surface area (Å²) in [6.07, 6.45) is 0. The number of H-pyrrole nitrogens is 1. The Bertz CT molecular complexity index is 1290. The van der Waals surface area contributed by atoms with Crippen molar-refractivity contribution >= 4 is 16.8 Å². The number of para-hydroxylation sites is 3. The zero-order chi connectivity index (χ0) is 23.0. The van der Waals surface area contributed by atoms with Crippen molar-refractivity contribution in [1.82, 2.24) is 14.9 Å². The lowest BCUT2D eigenvalue weighted by Crippen LogP contribution is -2.32. The third-order valence-electron chi connectivity index (χ3n) is 5.14. The van der Waals surface area contributed by atoms with Crippen molar-refractivity contribution in [3.05, 3.63) is 101 Å². The molecule has 4 rings (SSSR count). The molecule has 1 N–H and O–H groups in total. The van der Waals surface area contributed by atoms with E-state index in [1.54, 1.807) is 41.3 Å². The average molecular weight is 444 g/mol. The molecule has 0 aliphatic rings. The largest absolute Gasteiger partial charge is 0.490 e. The number of nitrogens with one attached hydrogen (secondary N) is 1. The Hall–Kier alpha value is -4.13. The monoisotopic (exact) mass is 443 g/mol. The smallest absolute Gasteiger partial charge is 0.258 e. The molecule has 3 aromatic carbocycles. The number of aromatic nitrogens is 2. The molecule has 7 nitrogen and oxygen atoms in total. The summed E-state index contributed by atoms with van der Waals surface area (Å²) in [6, 6.07) is 23.7. The minimum atomic E-state index is -0.221. The molecule has 0 aliphatic carbocycles. The van der Waals surface area contributed by atoms with Gasteiger partial charge in [0.1, 0.15) is 30.5 Å². The third-order valence-corrected chi connectivity index (χ3v) is 5.14. The van der Waals surface area contributed by atoms with Gasteiger partial charge in [0.25, 0.3) is 11.5 Å². The van der Waals surface area contributed by atoms with Gasteiger partial charge in [0.2, 0.25) is 0 Å². The number of amides is 1. The first-order chi connectivity index (χ1) is 16.2. The van der Waals surface area contributed by atoms with Gasteiger partial charge < -0.3 is 19.4 Å². The Kier molecular flexibility index (Phi) is 6.99. The first kappa shape index (κ1) is 22.1. The Balaban J connectivity index is 1.45. The highest BCUT2D eigenvalue weighted by atomic mass is 16.5. The minimum Gasteiger partial charge on any atom is -0.490 e. The lowest BCUT2D eigenvalue weighted by atomic mass is 10.1. The van der Waals surface area contributed by atoms with Crippen LogP contribution in [0.3, 0.4) is 0 Å². The first-order valence-corrected chi connectivity index (χ1v) is 10.8. The molecule has 33 heavy (non-hydrogen) atoms. The third kappa shape index (κ3) is 5.38. The van der Waals surface area contributed by atoms with E-state index in [2.05, 4.69) is 9.97 Å². The van der Waals surface area contributed by atoms with E-state index in [1.807, 2.05) is 49.4 Å². The second-order valence-electron chi connectivity index (χ2n) is 7.36. The average Bonchev–Trinajstić information content (AvgIpc) is 2.86. The molecule has 0 saturated carbocycles. The van der Waals surface area contributed by atoms with Gasteiger partial charge in [-0.05, 0) is 43.3 Å². The van der Waals surface area contributed by atoms with Gasteiger partial charge in [0, 0.05) is 6.54 Å². The molecule has 0 saturated heterocycles. The van der Waals surface area contributed by atoms with E-state index in [1.165, 1.54) is 0 Å². The van der Waals surface area contributed by atoms with Gasteiger partial charge in [-0.3, -0.25) is 9.59 Å². The quantitative estimate of drug-likeness (QED) is 0.395. The molecule has 0 atom stereocenters.